The van der Waals surface area contributed by atoms with Crippen LogP contribution in [0.4, 0.5) is 18.9 Å². The zero-order chi connectivity index (χ0) is 27.2. The molecule has 0 aliphatic heterocycles. The van der Waals surface area contributed by atoms with Crippen molar-refractivity contribution >= 4 is 32.5 Å². The average molecular weight is 528 g/mol. The molecule has 3 heterocycles. The Morgan fingerprint density at radius 2 is 1.78 bits per heavy atom. The van der Waals surface area contributed by atoms with Crippen LogP contribution in [0.25, 0.3) is 22.6 Å². The first-order valence-corrected chi connectivity index (χ1v) is 13.0. The van der Waals surface area contributed by atoms with Gasteiger partial charge in [0, 0.05) is 19.0 Å². The number of anilines is 1. The van der Waals surface area contributed by atoms with Crippen LogP contribution in [-0.2, 0) is 34.4 Å². The van der Waals surface area contributed by atoms with E-state index in [0.717, 1.165) is 6.07 Å². The van der Waals surface area contributed by atoms with Crippen molar-refractivity contribution in [1.82, 2.24) is 19.1 Å². The third-order valence-electron chi connectivity index (χ3n) is 6.28. The number of imidazole rings is 1. The lowest BCUT2D eigenvalue weighted by Crippen LogP contribution is -2.30. The fourth-order valence-electron chi connectivity index (χ4n) is 3.61. The van der Waals surface area contributed by atoms with Crippen molar-refractivity contribution in [3.8, 4) is 11.5 Å². The van der Waals surface area contributed by atoms with Crippen LogP contribution in [0, 0.1) is 5.41 Å². The molecule has 0 atom stereocenters. The number of nitrogens with one attached hydrogen (secondary N) is 1. The Morgan fingerprint density at radius 1 is 1.14 bits per heavy atom. The van der Waals surface area contributed by atoms with Crippen LogP contribution in [0.15, 0.2) is 28.0 Å². The van der Waals surface area contributed by atoms with Crippen LogP contribution in [0.2, 0.25) is 0 Å². The molecule has 0 radical (unpaired) electrons. The minimum Gasteiger partial charge on any atom is -0.324 e. The number of rotatable bonds is 7. The quantitative estimate of drug-likeness (QED) is 0.497. The van der Waals surface area contributed by atoms with Gasteiger partial charge in [0.05, 0.1) is 28.0 Å². The van der Waals surface area contributed by atoms with Gasteiger partial charge in [-0.3, -0.25) is 9.59 Å². The molecule has 196 valence electrons. The van der Waals surface area contributed by atoms with Gasteiger partial charge < -0.3 is 14.5 Å². The number of halogens is 3. The molecule has 0 aromatic carbocycles. The SMILES string of the molecule is CCn1c(C(F)(F)F)cc2nc(-c3ncc(NC(=O)C(C)(C)CC)cc3S(=O)(=O)CC)n(C)c2c1=O. The van der Waals surface area contributed by atoms with Crippen LogP contribution < -0.4 is 10.9 Å². The maximum absolute atomic E-state index is 13.6. The van der Waals surface area contributed by atoms with E-state index in [4.69, 9.17) is 0 Å². The molecular formula is C23H28F3N5O4S. The fourth-order valence-corrected chi connectivity index (χ4v) is 4.67. The molecule has 0 fully saturated rings. The fraction of sp³-hybridized carbons (Fsp3) is 0.478. The molecule has 3 rings (SSSR count). The van der Waals surface area contributed by atoms with Crippen LogP contribution in [-0.4, -0.2) is 39.2 Å². The van der Waals surface area contributed by atoms with Gasteiger partial charge in [-0.2, -0.15) is 13.2 Å². The Labute approximate surface area is 206 Å². The van der Waals surface area contributed by atoms with Crippen molar-refractivity contribution in [1.29, 1.82) is 0 Å². The Kier molecular flexibility index (Phi) is 7.10. The van der Waals surface area contributed by atoms with Crippen molar-refractivity contribution in [2.75, 3.05) is 11.1 Å². The first-order valence-electron chi connectivity index (χ1n) is 11.3. The third-order valence-corrected chi connectivity index (χ3v) is 8.02. The molecule has 13 heteroatoms. The predicted octanol–water partition coefficient (Wildman–Crippen LogP) is 4.00. The number of carbonyl (C=O) groups excluding carboxylic acids is 1. The monoisotopic (exact) mass is 527 g/mol. The number of aryl methyl sites for hydroxylation is 1. The number of fused-ring (bicyclic) bond motifs is 1. The second kappa shape index (κ2) is 9.34. The predicted molar refractivity (Wildman–Crippen MR) is 129 cm³/mol. The first-order chi connectivity index (χ1) is 16.6. The van der Waals surface area contributed by atoms with E-state index in [0.29, 0.717) is 11.0 Å². The first kappa shape index (κ1) is 27.4. The smallest absolute Gasteiger partial charge is 0.324 e. The van der Waals surface area contributed by atoms with Crippen molar-refractivity contribution in [2.45, 2.75) is 58.7 Å². The highest BCUT2D eigenvalue weighted by Crippen LogP contribution is 2.33. The van der Waals surface area contributed by atoms with Gasteiger partial charge in [-0.25, -0.2) is 18.4 Å². The lowest BCUT2D eigenvalue weighted by molar-refractivity contribution is -0.144. The molecule has 0 bridgehead atoms. The van der Waals surface area contributed by atoms with Gasteiger partial charge in [-0.15, -0.1) is 0 Å². The molecule has 0 aliphatic carbocycles. The maximum atomic E-state index is 13.6. The lowest BCUT2D eigenvalue weighted by atomic mass is 9.89. The summed E-state index contributed by atoms with van der Waals surface area (Å²) in [6, 6.07) is 2.01. The van der Waals surface area contributed by atoms with E-state index in [1.165, 1.54) is 37.7 Å². The Bertz CT molecular complexity index is 1500. The van der Waals surface area contributed by atoms with E-state index in [1.807, 2.05) is 6.92 Å². The largest absolute Gasteiger partial charge is 0.431 e. The number of amides is 1. The van der Waals surface area contributed by atoms with Crippen LogP contribution >= 0.6 is 0 Å². The molecule has 3 aromatic heterocycles. The zero-order valence-electron chi connectivity index (χ0n) is 20.8. The summed E-state index contributed by atoms with van der Waals surface area (Å²) in [6.07, 6.45) is -3.00. The Hall–Kier alpha value is -3.22. The number of aromatic nitrogens is 4. The minimum atomic E-state index is -4.79. The number of nitrogens with zero attached hydrogens (tertiary/aromatic N) is 4. The number of carbonyl (C=O) groups is 1. The molecule has 0 saturated carbocycles. The Morgan fingerprint density at radius 3 is 2.31 bits per heavy atom. The summed E-state index contributed by atoms with van der Waals surface area (Å²) in [5.41, 5.74) is -3.13. The van der Waals surface area contributed by atoms with Gasteiger partial charge in [-0.05, 0) is 25.5 Å². The zero-order valence-corrected chi connectivity index (χ0v) is 21.6. The van der Waals surface area contributed by atoms with E-state index in [9.17, 15) is 31.2 Å². The number of pyridine rings is 2. The number of sulfone groups is 1. The molecule has 0 aliphatic rings. The highest BCUT2D eigenvalue weighted by molar-refractivity contribution is 7.91. The highest BCUT2D eigenvalue weighted by atomic mass is 32.2. The van der Waals surface area contributed by atoms with E-state index in [-0.39, 0.29) is 51.3 Å². The molecule has 1 amide bonds. The maximum Gasteiger partial charge on any atom is 0.431 e. The highest BCUT2D eigenvalue weighted by Gasteiger charge is 2.36. The van der Waals surface area contributed by atoms with E-state index in [2.05, 4.69) is 15.3 Å². The van der Waals surface area contributed by atoms with Crippen LogP contribution in [0.5, 0.6) is 0 Å². The van der Waals surface area contributed by atoms with Crippen molar-refractivity contribution in [3.05, 3.63) is 34.4 Å². The molecule has 36 heavy (non-hydrogen) atoms. The Balaban J connectivity index is 2.29. The second-order valence-corrected chi connectivity index (χ2v) is 11.2. The molecule has 1 N–H and O–H groups in total. The van der Waals surface area contributed by atoms with Gasteiger partial charge in [0.1, 0.15) is 16.9 Å². The molecule has 0 saturated heterocycles. The summed E-state index contributed by atoms with van der Waals surface area (Å²) in [6.45, 7) is 7.95. The number of alkyl halides is 3. The van der Waals surface area contributed by atoms with Gasteiger partial charge in [0.2, 0.25) is 5.91 Å². The topological polar surface area (TPSA) is 116 Å². The van der Waals surface area contributed by atoms with Crippen molar-refractivity contribution < 1.29 is 26.4 Å². The molecule has 0 unspecified atom stereocenters. The summed E-state index contributed by atoms with van der Waals surface area (Å²) in [5, 5.41) is 2.67. The van der Waals surface area contributed by atoms with Crippen molar-refractivity contribution in [3.63, 3.8) is 0 Å². The summed E-state index contributed by atoms with van der Waals surface area (Å²) >= 11 is 0. The van der Waals surface area contributed by atoms with Gasteiger partial charge in [-0.1, -0.05) is 27.7 Å². The second-order valence-electron chi connectivity index (χ2n) is 8.97. The molecule has 0 spiro atoms. The minimum absolute atomic E-state index is 0.0946. The van der Waals surface area contributed by atoms with Gasteiger partial charge >= 0.3 is 6.18 Å². The average Bonchev–Trinajstić information content (AvgIpc) is 3.14. The van der Waals surface area contributed by atoms with Crippen LogP contribution in [0.3, 0.4) is 0 Å². The van der Waals surface area contributed by atoms with Gasteiger partial charge in [0.25, 0.3) is 5.56 Å². The number of hydrogen-bond acceptors (Lipinski definition) is 6. The summed E-state index contributed by atoms with van der Waals surface area (Å²) in [7, 11) is -2.51. The van der Waals surface area contributed by atoms with Crippen LogP contribution in [0.1, 0.15) is 46.7 Å². The summed E-state index contributed by atoms with van der Waals surface area (Å²) < 4.78 is 68.5. The standard InChI is InChI=1S/C23H28F3N5O4S/c1-7-22(4,5)21(33)28-13-10-15(36(34,35)9-3)17(27-12-13)19-29-14-11-16(23(24,25)26)31(8-2)20(32)18(14)30(19)6/h10-12H,7-9H2,1-6H3,(H,28,33). The van der Waals surface area contributed by atoms with E-state index >= 15 is 0 Å². The third kappa shape index (κ3) is 4.75. The normalized spacial score (nSPS) is 12.8. The summed E-state index contributed by atoms with van der Waals surface area (Å²) in [4.78, 5) is 33.7. The molecule has 3 aromatic rings. The van der Waals surface area contributed by atoms with Gasteiger partial charge in [0.15, 0.2) is 15.7 Å². The van der Waals surface area contributed by atoms with Crippen molar-refractivity contribution in [2.24, 2.45) is 12.5 Å². The molecular weight excluding hydrogens is 499 g/mol. The summed E-state index contributed by atoms with van der Waals surface area (Å²) in [5.74, 6) is -0.727. The molecule has 9 nitrogen and oxygen atoms in total. The van der Waals surface area contributed by atoms with E-state index in [1.54, 1.807) is 13.8 Å². The number of hydrogen-bond donors (Lipinski definition) is 1. The van der Waals surface area contributed by atoms with E-state index < -0.39 is 32.7 Å². The lowest BCUT2D eigenvalue weighted by Gasteiger charge is -2.21.